The fraction of sp³-hybridized carbons (Fsp3) is 0.538. The second kappa shape index (κ2) is 6.23. The van der Waals surface area contributed by atoms with E-state index < -0.39 is 18.6 Å². The van der Waals surface area contributed by atoms with Crippen LogP contribution in [0.5, 0.6) is 5.75 Å². The van der Waals surface area contributed by atoms with Gasteiger partial charge < -0.3 is 10.5 Å². The molecule has 6 heteroatoms. The maximum Gasteiger partial charge on any atom is 0.461 e. The predicted octanol–water partition coefficient (Wildman–Crippen LogP) is 3.97. The zero-order valence-corrected chi connectivity index (χ0v) is 10.7. The third-order valence-corrected chi connectivity index (χ3v) is 2.54. The first-order valence-corrected chi connectivity index (χ1v) is 5.93. The number of para-hydroxylation sites is 1. The molecular weight excluding hydrogens is 262 g/mol. The van der Waals surface area contributed by atoms with Crippen molar-refractivity contribution in [2.45, 2.75) is 38.8 Å². The molecular formula is C13H17F4NO. The Morgan fingerprint density at radius 2 is 1.79 bits per heavy atom. The Kier molecular flexibility index (Phi) is 5.17. The third-order valence-electron chi connectivity index (χ3n) is 2.54. The second-order valence-corrected chi connectivity index (χ2v) is 4.74. The van der Waals surface area contributed by atoms with E-state index in [1.165, 1.54) is 18.2 Å². The van der Waals surface area contributed by atoms with Crippen LogP contribution in [0.4, 0.5) is 17.6 Å². The molecule has 0 fully saturated rings. The molecule has 0 saturated carbocycles. The van der Waals surface area contributed by atoms with Gasteiger partial charge in [-0.3, -0.25) is 0 Å². The van der Waals surface area contributed by atoms with Crippen molar-refractivity contribution in [3.63, 3.8) is 0 Å². The summed E-state index contributed by atoms with van der Waals surface area (Å²) in [4.78, 5) is 0. The highest BCUT2D eigenvalue weighted by Crippen LogP contribution is 2.33. The predicted molar refractivity (Wildman–Crippen MR) is 64.4 cm³/mol. The molecule has 108 valence electrons. The highest BCUT2D eigenvalue weighted by molar-refractivity contribution is 5.36. The van der Waals surface area contributed by atoms with Gasteiger partial charge in [0.05, 0.1) is 0 Å². The second-order valence-electron chi connectivity index (χ2n) is 4.74. The van der Waals surface area contributed by atoms with Crippen LogP contribution in [0.15, 0.2) is 24.3 Å². The number of rotatable bonds is 6. The number of hydrogen-bond donors (Lipinski definition) is 1. The zero-order chi connectivity index (χ0) is 14.6. The average Bonchev–Trinajstić information content (AvgIpc) is 2.27. The number of benzene rings is 1. The topological polar surface area (TPSA) is 35.2 Å². The summed E-state index contributed by atoms with van der Waals surface area (Å²) in [7, 11) is 0. The minimum atomic E-state index is -4.52. The number of hydrogen-bond acceptors (Lipinski definition) is 2. The van der Waals surface area contributed by atoms with Crippen molar-refractivity contribution in [2.75, 3.05) is 0 Å². The molecule has 0 unspecified atom stereocenters. The normalized spacial score (nSPS) is 13.9. The molecule has 0 aliphatic carbocycles. The Bertz CT molecular complexity index is 409. The van der Waals surface area contributed by atoms with Gasteiger partial charge in [-0.05, 0) is 18.4 Å². The fourth-order valence-corrected chi connectivity index (χ4v) is 1.71. The van der Waals surface area contributed by atoms with E-state index in [9.17, 15) is 17.6 Å². The molecule has 0 aliphatic rings. The number of alkyl halides is 4. The Labute approximate surface area is 109 Å². The molecule has 0 spiro atoms. The first-order chi connectivity index (χ1) is 8.74. The van der Waals surface area contributed by atoms with Crippen molar-refractivity contribution in [2.24, 2.45) is 11.7 Å². The van der Waals surface area contributed by atoms with Crippen molar-refractivity contribution >= 4 is 0 Å². The molecule has 1 aromatic carbocycles. The first-order valence-electron chi connectivity index (χ1n) is 5.93. The lowest BCUT2D eigenvalue weighted by molar-refractivity contribution is -0.253. The molecule has 1 rings (SSSR count). The molecule has 0 radical (unpaired) electrons. The molecule has 0 aromatic heterocycles. The van der Waals surface area contributed by atoms with Crippen LogP contribution >= 0.6 is 0 Å². The number of halogens is 4. The summed E-state index contributed by atoms with van der Waals surface area (Å²) in [5.74, 6) is -0.0559. The maximum atomic E-state index is 12.9. The molecule has 0 saturated heterocycles. The largest absolute Gasteiger partial charge is 0.461 e. The van der Waals surface area contributed by atoms with Crippen LogP contribution in [0, 0.1) is 5.92 Å². The smallest absolute Gasteiger partial charge is 0.428 e. The highest BCUT2D eigenvalue weighted by Gasteiger charge is 2.44. The van der Waals surface area contributed by atoms with Gasteiger partial charge in [0.15, 0.2) is 0 Å². The Morgan fingerprint density at radius 1 is 1.21 bits per heavy atom. The van der Waals surface area contributed by atoms with Crippen molar-refractivity contribution in [3.8, 4) is 5.75 Å². The SMILES string of the molecule is CC(C)C[C@@H](N)c1ccccc1OC(F)(F)C(F)F. The molecule has 0 heterocycles. The summed E-state index contributed by atoms with van der Waals surface area (Å²) in [5.41, 5.74) is 6.18. The van der Waals surface area contributed by atoms with Gasteiger partial charge in [0.2, 0.25) is 0 Å². The minimum absolute atomic E-state index is 0.249. The summed E-state index contributed by atoms with van der Waals surface area (Å²) in [6.07, 6.45) is -7.87. The van der Waals surface area contributed by atoms with Crippen molar-refractivity contribution in [1.29, 1.82) is 0 Å². The molecule has 19 heavy (non-hydrogen) atoms. The lowest BCUT2D eigenvalue weighted by Crippen LogP contribution is -2.34. The van der Waals surface area contributed by atoms with E-state index in [0.717, 1.165) is 0 Å². The van der Waals surface area contributed by atoms with E-state index >= 15 is 0 Å². The Balaban J connectivity index is 2.96. The van der Waals surface area contributed by atoms with Crippen LogP contribution in [0.2, 0.25) is 0 Å². The minimum Gasteiger partial charge on any atom is -0.428 e. The molecule has 0 amide bonds. The van der Waals surface area contributed by atoms with Crippen LogP contribution in [-0.4, -0.2) is 12.5 Å². The van der Waals surface area contributed by atoms with Crippen LogP contribution in [0.3, 0.4) is 0 Å². The van der Waals surface area contributed by atoms with Crippen molar-refractivity contribution in [1.82, 2.24) is 0 Å². The molecule has 0 aliphatic heterocycles. The van der Waals surface area contributed by atoms with Gasteiger partial charge in [0.25, 0.3) is 0 Å². The Hall–Kier alpha value is -1.30. The average molecular weight is 279 g/mol. The molecule has 2 nitrogen and oxygen atoms in total. The van der Waals surface area contributed by atoms with Gasteiger partial charge in [-0.15, -0.1) is 0 Å². The van der Waals surface area contributed by atoms with E-state index in [1.54, 1.807) is 6.07 Å². The molecule has 1 atom stereocenters. The van der Waals surface area contributed by atoms with Crippen LogP contribution in [0.25, 0.3) is 0 Å². The van der Waals surface area contributed by atoms with Crippen LogP contribution < -0.4 is 10.5 Å². The van der Waals surface area contributed by atoms with Crippen LogP contribution in [0.1, 0.15) is 31.9 Å². The lowest BCUT2D eigenvalue weighted by Gasteiger charge is -2.22. The van der Waals surface area contributed by atoms with E-state index in [-0.39, 0.29) is 11.7 Å². The van der Waals surface area contributed by atoms with Crippen molar-refractivity contribution < 1.29 is 22.3 Å². The van der Waals surface area contributed by atoms with E-state index in [1.807, 2.05) is 13.8 Å². The van der Waals surface area contributed by atoms with E-state index in [0.29, 0.717) is 12.0 Å². The summed E-state index contributed by atoms with van der Waals surface area (Å²) in [6.45, 7) is 3.86. The monoisotopic (exact) mass is 279 g/mol. The van der Waals surface area contributed by atoms with Gasteiger partial charge in [0.1, 0.15) is 5.75 Å². The highest BCUT2D eigenvalue weighted by atomic mass is 19.3. The van der Waals surface area contributed by atoms with Gasteiger partial charge in [-0.2, -0.15) is 17.6 Å². The third kappa shape index (κ3) is 4.38. The van der Waals surface area contributed by atoms with E-state index in [2.05, 4.69) is 4.74 Å². The van der Waals surface area contributed by atoms with E-state index in [4.69, 9.17) is 5.73 Å². The van der Waals surface area contributed by atoms with Gasteiger partial charge in [-0.25, -0.2) is 0 Å². The first kappa shape index (κ1) is 15.8. The summed E-state index contributed by atoms with van der Waals surface area (Å²) < 4.78 is 54.3. The summed E-state index contributed by atoms with van der Waals surface area (Å²) in [5, 5.41) is 0. The number of ether oxygens (including phenoxy) is 1. The van der Waals surface area contributed by atoms with Crippen LogP contribution in [-0.2, 0) is 0 Å². The molecule has 1 aromatic rings. The lowest BCUT2D eigenvalue weighted by atomic mass is 9.97. The molecule has 2 N–H and O–H groups in total. The summed E-state index contributed by atoms with van der Waals surface area (Å²) >= 11 is 0. The quantitative estimate of drug-likeness (QED) is 0.800. The molecule has 0 bridgehead atoms. The van der Waals surface area contributed by atoms with Gasteiger partial charge in [0, 0.05) is 11.6 Å². The Morgan fingerprint density at radius 3 is 2.32 bits per heavy atom. The maximum absolute atomic E-state index is 12.9. The summed E-state index contributed by atoms with van der Waals surface area (Å²) in [6, 6.07) is 5.21. The fourth-order valence-electron chi connectivity index (χ4n) is 1.71. The van der Waals surface area contributed by atoms with Crippen molar-refractivity contribution in [3.05, 3.63) is 29.8 Å². The number of nitrogens with two attached hydrogens (primary N) is 1. The standard InChI is InChI=1S/C13H17F4NO/c1-8(2)7-10(18)9-5-3-4-6-11(9)19-13(16,17)12(14)15/h3-6,8,10,12H,7,18H2,1-2H3/t10-/m1/s1. The van der Waals surface area contributed by atoms with Gasteiger partial charge >= 0.3 is 12.5 Å². The van der Waals surface area contributed by atoms with Gasteiger partial charge in [-0.1, -0.05) is 32.0 Å². The zero-order valence-electron chi connectivity index (χ0n) is 10.7.